The average molecular weight is 281 g/mol. The molecule has 19 heavy (non-hydrogen) atoms. The van der Waals surface area contributed by atoms with Crippen molar-refractivity contribution in [1.82, 2.24) is 10.1 Å². The number of hydrogen-bond acceptors (Lipinski definition) is 5. The molecule has 2 heterocycles. The molecule has 0 unspecified atom stereocenters. The standard InChI is InChI=1S/C13H13ClN2O3/c14-10-2-1-3-11(6-10)18-8-12-15-13(16-19-12)9-4-5-17-7-9/h1-3,6,9H,4-5,7-8H2/t9-/m0/s1. The van der Waals surface area contributed by atoms with Crippen LogP contribution in [0, 0.1) is 0 Å². The molecule has 0 N–H and O–H groups in total. The third-order valence-electron chi connectivity index (χ3n) is 2.94. The van der Waals surface area contributed by atoms with Crippen LogP contribution in [0.2, 0.25) is 5.02 Å². The number of halogens is 1. The fraction of sp³-hybridized carbons (Fsp3) is 0.385. The highest BCUT2D eigenvalue weighted by molar-refractivity contribution is 6.30. The van der Waals surface area contributed by atoms with E-state index in [2.05, 4.69) is 10.1 Å². The van der Waals surface area contributed by atoms with E-state index in [4.69, 9.17) is 25.6 Å². The van der Waals surface area contributed by atoms with E-state index in [0.717, 1.165) is 13.0 Å². The van der Waals surface area contributed by atoms with E-state index in [1.165, 1.54) is 0 Å². The van der Waals surface area contributed by atoms with Crippen LogP contribution in [-0.4, -0.2) is 23.4 Å². The van der Waals surface area contributed by atoms with Gasteiger partial charge < -0.3 is 14.0 Å². The van der Waals surface area contributed by atoms with Crippen LogP contribution in [0.5, 0.6) is 5.75 Å². The van der Waals surface area contributed by atoms with Crippen molar-refractivity contribution in [1.29, 1.82) is 0 Å². The van der Waals surface area contributed by atoms with Gasteiger partial charge in [0, 0.05) is 17.5 Å². The van der Waals surface area contributed by atoms with E-state index in [-0.39, 0.29) is 12.5 Å². The summed E-state index contributed by atoms with van der Waals surface area (Å²) in [4.78, 5) is 4.31. The molecule has 0 saturated carbocycles. The molecule has 0 amide bonds. The Morgan fingerprint density at radius 3 is 3.16 bits per heavy atom. The average Bonchev–Trinajstić information content (AvgIpc) is 3.07. The van der Waals surface area contributed by atoms with Crippen molar-refractivity contribution in [2.24, 2.45) is 0 Å². The van der Waals surface area contributed by atoms with Gasteiger partial charge in [-0.3, -0.25) is 0 Å². The third kappa shape index (κ3) is 3.05. The maximum absolute atomic E-state index is 5.87. The normalized spacial score (nSPS) is 18.7. The Labute approximate surface area is 115 Å². The summed E-state index contributed by atoms with van der Waals surface area (Å²) in [6.45, 7) is 1.66. The Morgan fingerprint density at radius 2 is 2.37 bits per heavy atom. The van der Waals surface area contributed by atoms with Gasteiger partial charge in [-0.15, -0.1) is 0 Å². The number of nitrogens with zero attached hydrogens (tertiary/aromatic N) is 2. The molecule has 1 fully saturated rings. The number of rotatable bonds is 4. The first kappa shape index (κ1) is 12.4. The topological polar surface area (TPSA) is 57.4 Å². The molecule has 1 aliphatic heterocycles. The van der Waals surface area contributed by atoms with Gasteiger partial charge in [-0.1, -0.05) is 22.8 Å². The SMILES string of the molecule is Clc1cccc(OCc2nc([C@H]3CCOC3)no2)c1. The molecule has 0 bridgehead atoms. The minimum absolute atomic E-state index is 0.237. The fourth-order valence-corrected chi connectivity index (χ4v) is 2.11. The van der Waals surface area contributed by atoms with E-state index in [9.17, 15) is 0 Å². The van der Waals surface area contributed by atoms with Gasteiger partial charge in [0.2, 0.25) is 0 Å². The fourth-order valence-electron chi connectivity index (χ4n) is 1.93. The Hall–Kier alpha value is -1.59. The van der Waals surface area contributed by atoms with E-state index in [0.29, 0.717) is 29.1 Å². The van der Waals surface area contributed by atoms with Gasteiger partial charge in [0.15, 0.2) is 12.4 Å². The maximum atomic E-state index is 5.87. The summed E-state index contributed by atoms with van der Waals surface area (Å²) in [5.74, 6) is 2.07. The zero-order valence-corrected chi connectivity index (χ0v) is 11.0. The van der Waals surface area contributed by atoms with Crippen molar-refractivity contribution in [3.63, 3.8) is 0 Å². The van der Waals surface area contributed by atoms with Crippen LogP contribution in [0.1, 0.15) is 24.1 Å². The van der Waals surface area contributed by atoms with Crippen LogP contribution in [-0.2, 0) is 11.3 Å². The van der Waals surface area contributed by atoms with Crippen molar-refractivity contribution in [3.8, 4) is 5.75 Å². The molecule has 1 atom stereocenters. The van der Waals surface area contributed by atoms with Crippen LogP contribution < -0.4 is 4.74 Å². The molecule has 0 spiro atoms. The largest absolute Gasteiger partial charge is 0.484 e. The first-order valence-corrected chi connectivity index (χ1v) is 6.47. The molecule has 5 nitrogen and oxygen atoms in total. The minimum atomic E-state index is 0.237. The second kappa shape index (κ2) is 5.59. The predicted molar refractivity (Wildman–Crippen MR) is 68.3 cm³/mol. The second-order valence-corrected chi connectivity index (χ2v) is 4.79. The van der Waals surface area contributed by atoms with Crippen LogP contribution in [0.25, 0.3) is 0 Å². The van der Waals surface area contributed by atoms with E-state index in [1.807, 2.05) is 12.1 Å². The zero-order valence-electron chi connectivity index (χ0n) is 10.2. The van der Waals surface area contributed by atoms with Crippen molar-refractivity contribution >= 4 is 11.6 Å². The number of benzene rings is 1. The van der Waals surface area contributed by atoms with Crippen molar-refractivity contribution in [2.75, 3.05) is 13.2 Å². The van der Waals surface area contributed by atoms with Gasteiger partial charge in [0.05, 0.1) is 6.61 Å². The number of hydrogen-bond donors (Lipinski definition) is 0. The molecule has 3 rings (SSSR count). The molecule has 1 saturated heterocycles. The molecular formula is C13H13ClN2O3. The van der Waals surface area contributed by atoms with Crippen LogP contribution in [0.15, 0.2) is 28.8 Å². The monoisotopic (exact) mass is 280 g/mol. The number of aromatic nitrogens is 2. The molecule has 100 valence electrons. The lowest BCUT2D eigenvalue weighted by atomic mass is 10.1. The van der Waals surface area contributed by atoms with Gasteiger partial charge >= 0.3 is 0 Å². The summed E-state index contributed by atoms with van der Waals surface area (Å²) >= 11 is 5.87. The zero-order chi connectivity index (χ0) is 13.1. The molecule has 0 radical (unpaired) electrons. The second-order valence-electron chi connectivity index (χ2n) is 4.35. The van der Waals surface area contributed by atoms with E-state index < -0.39 is 0 Å². The van der Waals surface area contributed by atoms with Gasteiger partial charge in [-0.2, -0.15) is 4.98 Å². The van der Waals surface area contributed by atoms with Gasteiger partial charge in [0.25, 0.3) is 5.89 Å². The van der Waals surface area contributed by atoms with Gasteiger partial charge in [0.1, 0.15) is 5.75 Å². The van der Waals surface area contributed by atoms with Crippen molar-refractivity contribution in [2.45, 2.75) is 18.9 Å². The Bertz CT molecular complexity index is 552. The molecule has 6 heteroatoms. The highest BCUT2D eigenvalue weighted by Gasteiger charge is 2.23. The molecule has 1 aromatic carbocycles. The first-order chi connectivity index (χ1) is 9.31. The Morgan fingerprint density at radius 1 is 1.42 bits per heavy atom. The highest BCUT2D eigenvalue weighted by Crippen LogP contribution is 2.23. The van der Waals surface area contributed by atoms with Gasteiger partial charge in [-0.25, -0.2) is 0 Å². The maximum Gasteiger partial charge on any atom is 0.264 e. The molecule has 0 aliphatic carbocycles. The van der Waals surface area contributed by atoms with E-state index in [1.54, 1.807) is 12.1 Å². The van der Waals surface area contributed by atoms with Crippen LogP contribution >= 0.6 is 11.6 Å². The Balaban J connectivity index is 1.61. The molecular weight excluding hydrogens is 268 g/mol. The Kier molecular flexibility index (Phi) is 3.66. The summed E-state index contributed by atoms with van der Waals surface area (Å²) in [5, 5.41) is 4.59. The summed E-state index contributed by atoms with van der Waals surface area (Å²) in [7, 11) is 0. The van der Waals surface area contributed by atoms with E-state index >= 15 is 0 Å². The summed E-state index contributed by atoms with van der Waals surface area (Å²) in [6, 6.07) is 7.18. The summed E-state index contributed by atoms with van der Waals surface area (Å²) in [5.41, 5.74) is 0. The first-order valence-electron chi connectivity index (χ1n) is 6.10. The van der Waals surface area contributed by atoms with Crippen molar-refractivity contribution < 1.29 is 14.0 Å². The summed E-state index contributed by atoms with van der Waals surface area (Å²) in [6.07, 6.45) is 0.939. The quantitative estimate of drug-likeness (QED) is 0.862. The van der Waals surface area contributed by atoms with Crippen LogP contribution in [0.4, 0.5) is 0 Å². The predicted octanol–water partition coefficient (Wildman–Crippen LogP) is 2.81. The van der Waals surface area contributed by atoms with Gasteiger partial charge in [-0.05, 0) is 24.6 Å². The third-order valence-corrected chi connectivity index (χ3v) is 3.17. The highest BCUT2D eigenvalue weighted by atomic mass is 35.5. The lowest BCUT2D eigenvalue weighted by molar-refractivity contribution is 0.192. The molecule has 2 aromatic rings. The molecule has 1 aromatic heterocycles. The number of ether oxygens (including phenoxy) is 2. The van der Waals surface area contributed by atoms with Crippen LogP contribution in [0.3, 0.4) is 0 Å². The summed E-state index contributed by atoms with van der Waals surface area (Å²) < 4.78 is 16.0. The van der Waals surface area contributed by atoms with Crippen molar-refractivity contribution in [3.05, 3.63) is 41.0 Å². The smallest absolute Gasteiger partial charge is 0.264 e. The lowest BCUT2D eigenvalue weighted by Gasteiger charge is -2.02. The molecule has 1 aliphatic rings. The minimum Gasteiger partial charge on any atom is -0.484 e. The lowest BCUT2D eigenvalue weighted by Crippen LogP contribution is -2.01.